The Hall–Kier alpha value is -2.25. The highest BCUT2D eigenvalue weighted by Gasteiger charge is 2.13. The average molecular weight is 284 g/mol. The standard InChI is InChI=1S/C17H24N4/c1-6-8-21(11-15-9-13(3)10-20-15)12-16(14(4)7-2)17(18)19-5/h1,7,9-10,20H,2,8,11-12H2,3-5H3,(H2,18,19)/b16-14-. The van der Waals surface area contributed by atoms with Crippen LogP contribution in [0.25, 0.3) is 0 Å². The molecule has 0 unspecified atom stereocenters. The van der Waals surface area contributed by atoms with E-state index < -0.39 is 0 Å². The minimum atomic E-state index is 0.400. The van der Waals surface area contributed by atoms with Crippen LogP contribution in [0.15, 0.2) is 36.1 Å². The fraction of sp³-hybridized carbons (Fsp3) is 0.353. The van der Waals surface area contributed by atoms with Crippen molar-refractivity contribution in [3.05, 3.63) is 47.3 Å². The van der Waals surface area contributed by atoms with Crippen molar-refractivity contribution in [1.82, 2.24) is 15.2 Å². The number of H-pyrrole nitrogens is 1. The molecular formula is C17H24N4. The number of likely N-dealkylation sites (N-methyl/N-ethyl adjacent to an activating group) is 1. The van der Waals surface area contributed by atoms with Crippen LogP contribution in [-0.4, -0.2) is 35.9 Å². The summed E-state index contributed by atoms with van der Waals surface area (Å²) in [5, 5.41) is 10.9. The molecule has 3 N–H and O–H groups in total. The van der Waals surface area contributed by atoms with Crippen molar-refractivity contribution in [2.75, 3.05) is 20.1 Å². The number of hydrogen-bond acceptors (Lipinski definition) is 2. The van der Waals surface area contributed by atoms with E-state index in [9.17, 15) is 0 Å². The minimum absolute atomic E-state index is 0.400. The van der Waals surface area contributed by atoms with Crippen LogP contribution < -0.4 is 5.32 Å². The van der Waals surface area contributed by atoms with Gasteiger partial charge in [-0.05, 0) is 31.1 Å². The fourth-order valence-corrected chi connectivity index (χ4v) is 2.09. The molecule has 0 amide bonds. The zero-order chi connectivity index (χ0) is 15.8. The molecule has 4 heteroatoms. The van der Waals surface area contributed by atoms with Crippen LogP contribution in [-0.2, 0) is 6.54 Å². The Labute approximate surface area is 127 Å². The molecule has 0 fully saturated rings. The molecule has 0 saturated heterocycles. The second-order valence-electron chi connectivity index (χ2n) is 5.04. The lowest BCUT2D eigenvalue weighted by molar-refractivity contribution is 0.324. The summed E-state index contributed by atoms with van der Waals surface area (Å²) in [6, 6.07) is 2.11. The lowest BCUT2D eigenvalue weighted by atomic mass is 10.1. The monoisotopic (exact) mass is 284 g/mol. The Bertz CT molecular complexity index is 572. The molecule has 1 rings (SSSR count). The number of nitrogens with one attached hydrogen (secondary N) is 3. The lowest BCUT2D eigenvalue weighted by Gasteiger charge is -2.22. The predicted molar refractivity (Wildman–Crippen MR) is 89.3 cm³/mol. The van der Waals surface area contributed by atoms with Gasteiger partial charge in [-0.2, -0.15) is 0 Å². The summed E-state index contributed by atoms with van der Waals surface area (Å²) in [7, 11) is 1.75. The van der Waals surface area contributed by atoms with Gasteiger partial charge in [0.2, 0.25) is 0 Å². The van der Waals surface area contributed by atoms with E-state index in [0.717, 1.165) is 23.4 Å². The SMILES string of the molecule is C#CCN(C/C(C(=N)NC)=C(\C)C=C)Cc1cc(C)c[nH]1. The van der Waals surface area contributed by atoms with E-state index in [4.69, 9.17) is 11.8 Å². The van der Waals surface area contributed by atoms with Crippen LogP contribution in [0, 0.1) is 24.7 Å². The molecule has 0 aliphatic carbocycles. The van der Waals surface area contributed by atoms with Gasteiger partial charge in [-0.1, -0.05) is 18.6 Å². The first kappa shape index (κ1) is 16.8. The topological polar surface area (TPSA) is 54.9 Å². The summed E-state index contributed by atoms with van der Waals surface area (Å²) in [6.45, 7) is 9.67. The van der Waals surface area contributed by atoms with Gasteiger partial charge in [0.1, 0.15) is 5.84 Å². The summed E-state index contributed by atoms with van der Waals surface area (Å²) < 4.78 is 0. The van der Waals surface area contributed by atoms with Crippen molar-refractivity contribution >= 4 is 5.84 Å². The Kier molecular flexibility index (Phi) is 6.51. The van der Waals surface area contributed by atoms with Crippen LogP contribution in [0.4, 0.5) is 0 Å². The van der Waals surface area contributed by atoms with Crippen molar-refractivity contribution in [3.8, 4) is 12.3 Å². The number of terminal acetylenes is 1. The molecule has 1 aromatic rings. The summed E-state index contributed by atoms with van der Waals surface area (Å²) in [4.78, 5) is 5.36. The molecule has 0 aromatic carbocycles. The van der Waals surface area contributed by atoms with Gasteiger partial charge in [-0.3, -0.25) is 10.3 Å². The first-order chi connectivity index (χ1) is 10.0. The molecule has 1 aromatic heterocycles. The van der Waals surface area contributed by atoms with Crippen molar-refractivity contribution in [3.63, 3.8) is 0 Å². The molecule has 112 valence electrons. The predicted octanol–water partition coefficient (Wildman–Crippen LogP) is 2.46. The molecule has 0 aliphatic rings. The lowest BCUT2D eigenvalue weighted by Crippen LogP contribution is -2.32. The van der Waals surface area contributed by atoms with Gasteiger partial charge < -0.3 is 10.3 Å². The third-order valence-corrected chi connectivity index (χ3v) is 3.31. The number of aromatic amines is 1. The van der Waals surface area contributed by atoms with Gasteiger partial charge in [0.25, 0.3) is 0 Å². The van der Waals surface area contributed by atoms with E-state index in [1.165, 1.54) is 5.56 Å². The van der Waals surface area contributed by atoms with Crippen LogP contribution in [0.2, 0.25) is 0 Å². The second-order valence-corrected chi connectivity index (χ2v) is 5.04. The number of aryl methyl sites for hydroxylation is 1. The van der Waals surface area contributed by atoms with E-state index in [2.05, 4.69) is 40.7 Å². The zero-order valence-corrected chi connectivity index (χ0v) is 13.1. The normalized spacial score (nSPS) is 11.8. The number of nitrogens with zero attached hydrogens (tertiary/aromatic N) is 1. The first-order valence-corrected chi connectivity index (χ1v) is 6.90. The van der Waals surface area contributed by atoms with Crippen molar-refractivity contribution < 1.29 is 0 Å². The van der Waals surface area contributed by atoms with Crippen molar-refractivity contribution in [2.45, 2.75) is 20.4 Å². The second kappa shape index (κ2) is 8.13. The van der Waals surface area contributed by atoms with Gasteiger partial charge in [0.15, 0.2) is 0 Å². The average Bonchev–Trinajstić information content (AvgIpc) is 2.88. The molecule has 1 heterocycles. The minimum Gasteiger partial charge on any atom is -0.373 e. The summed E-state index contributed by atoms with van der Waals surface area (Å²) in [6.07, 6.45) is 9.22. The quantitative estimate of drug-likeness (QED) is 0.312. The third-order valence-electron chi connectivity index (χ3n) is 3.31. The molecule has 0 bridgehead atoms. The molecule has 0 radical (unpaired) electrons. The molecule has 0 atom stereocenters. The van der Waals surface area contributed by atoms with Gasteiger partial charge in [-0.15, -0.1) is 6.42 Å². The Morgan fingerprint density at radius 3 is 2.81 bits per heavy atom. The summed E-state index contributed by atoms with van der Waals surface area (Å²) in [5.41, 5.74) is 4.21. The zero-order valence-electron chi connectivity index (χ0n) is 13.1. The number of amidine groups is 1. The summed E-state index contributed by atoms with van der Waals surface area (Å²) >= 11 is 0. The van der Waals surface area contributed by atoms with E-state index >= 15 is 0 Å². The maximum Gasteiger partial charge on any atom is 0.122 e. The largest absolute Gasteiger partial charge is 0.373 e. The Morgan fingerprint density at radius 1 is 1.62 bits per heavy atom. The van der Waals surface area contributed by atoms with Gasteiger partial charge in [-0.25, -0.2) is 0 Å². The highest BCUT2D eigenvalue weighted by atomic mass is 15.1. The van der Waals surface area contributed by atoms with E-state index in [0.29, 0.717) is 18.9 Å². The maximum atomic E-state index is 8.03. The first-order valence-electron chi connectivity index (χ1n) is 6.90. The van der Waals surface area contributed by atoms with Crippen molar-refractivity contribution in [1.29, 1.82) is 5.41 Å². The van der Waals surface area contributed by atoms with Gasteiger partial charge in [0.05, 0.1) is 6.54 Å². The van der Waals surface area contributed by atoms with Crippen LogP contribution in [0.5, 0.6) is 0 Å². The summed E-state index contributed by atoms with van der Waals surface area (Å²) in [5.74, 6) is 3.09. The van der Waals surface area contributed by atoms with Gasteiger partial charge >= 0.3 is 0 Å². The van der Waals surface area contributed by atoms with Crippen LogP contribution in [0.3, 0.4) is 0 Å². The Morgan fingerprint density at radius 2 is 2.33 bits per heavy atom. The third kappa shape index (κ3) is 4.97. The number of rotatable bonds is 7. The smallest absolute Gasteiger partial charge is 0.122 e. The van der Waals surface area contributed by atoms with Crippen molar-refractivity contribution in [2.24, 2.45) is 0 Å². The van der Waals surface area contributed by atoms with Crippen LogP contribution in [0.1, 0.15) is 18.2 Å². The van der Waals surface area contributed by atoms with Gasteiger partial charge in [0, 0.05) is 37.6 Å². The van der Waals surface area contributed by atoms with E-state index in [1.54, 1.807) is 13.1 Å². The Balaban J connectivity index is 2.92. The highest BCUT2D eigenvalue weighted by Crippen LogP contribution is 2.12. The number of hydrogen-bond donors (Lipinski definition) is 3. The molecule has 0 saturated carbocycles. The molecule has 4 nitrogen and oxygen atoms in total. The highest BCUT2D eigenvalue weighted by molar-refractivity contribution is 5.97. The maximum absolute atomic E-state index is 8.03. The fourth-order valence-electron chi connectivity index (χ4n) is 2.09. The molecule has 0 spiro atoms. The number of aromatic nitrogens is 1. The molecular weight excluding hydrogens is 260 g/mol. The molecule has 21 heavy (non-hydrogen) atoms. The van der Waals surface area contributed by atoms with E-state index in [1.807, 2.05) is 13.1 Å². The van der Waals surface area contributed by atoms with Crippen LogP contribution >= 0.6 is 0 Å². The van der Waals surface area contributed by atoms with E-state index in [-0.39, 0.29) is 0 Å². The molecule has 0 aliphatic heterocycles. The number of allylic oxidation sites excluding steroid dienone is 2.